The zero-order chi connectivity index (χ0) is 14.1. The number of benzene rings is 2. The predicted molar refractivity (Wildman–Crippen MR) is 86.9 cm³/mol. The van der Waals surface area contributed by atoms with Gasteiger partial charge in [-0.05, 0) is 30.2 Å². The van der Waals surface area contributed by atoms with Crippen LogP contribution in [-0.2, 0) is 0 Å². The van der Waals surface area contributed by atoms with E-state index in [4.69, 9.17) is 0 Å². The molecule has 102 valence electrons. The van der Waals surface area contributed by atoms with Crippen LogP contribution in [-0.4, -0.2) is 11.9 Å². The predicted octanol–water partition coefficient (Wildman–Crippen LogP) is 4.50. The lowest BCUT2D eigenvalue weighted by molar-refractivity contribution is 0.0950. The minimum atomic E-state index is -0.0181. The van der Waals surface area contributed by atoms with Gasteiger partial charge in [0.2, 0.25) is 0 Å². The van der Waals surface area contributed by atoms with Gasteiger partial charge in [0.1, 0.15) is 0 Å². The van der Waals surface area contributed by atoms with Gasteiger partial charge >= 0.3 is 0 Å². The van der Waals surface area contributed by atoms with Gasteiger partial charge < -0.3 is 5.32 Å². The molecule has 1 fully saturated rings. The zero-order valence-corrected chi connectivity index (χ0v) is 13.8. The molecule has 2 unspecified atom stereocenters. The van der Waals surface area contributed by atoms with Crippen LogP contribution in [0.5, 0.6) is 0 Å². The largest absolute Gasteiger partial charge is 0.349 e. The second kappa shape index (κ2) is 5.70. The lowest BCUT2D eigenvalue weighted by Crippen LogP contribution is -2.26. The summed E-state index contributed by atoms with van der Waals surface area (Å²) in [4.78, 5) is 12.2. The Kier molecular flexibility index (Phi) is 3.94. The lowest BCUT2D eigenvalue weighted by atomic mass is 10.1. The van der Waals surface area contributed by atoms with Gasteiger partial charge in [0.15, 0.2) is 0 Å². The van der Waals surface area contributed by atoms with Crippen LogP contribution >= 0.6 is 31.9 Å². The molecule has 2 atom stereocenters. The summed E-state index contributed by atoms with van der Waals surface area (Å²) in [6, 6.07) is 16.2. The fourth-order valence-corrected chi connectivity index (χ4v) is 3.65. The average Bonchev–Trinajstić information content (AvgIpc) is 3.18. The van der Waals surface area contributed by atoms with Gasteiger partial charge in [0.25, 0.3) is 5.91 Å². The quantitative estimate of drug-likeness (QED) is 0.815. The number of amides is 1. The van der Waals surface area contributed by atoms with Crippen LogP contribution < -0.4 is 5.32 Å². The summed E-state index contributed by atoms with van der Waals surface area (Å²) in [7, 11) is 0. The van der Waals surface area contributed by atoms with E-state index in [-0.39, 0.29) is 11.9 Å². The molecule has 0 radical (unpaired) electrons. The Morgan fingerprint density at radius 2 is 1.70 bits per heavy atom. The number of hydrogen-bond donors (Lipinski definition) is 1. The standard InChI is InChI=1S/C16H13Br2NO/c17-12-6-11(7-13(18)8-12)16(20)19-15-9-14(15)10-4-2-1-3-5-10/h1-8,14-15H,9H2,(H,19,20). The first-order valence-electron chi connectivity index (χ1n) is 6.45. The molecule has 1 saturated carbocycles. The molecule has 1 aliphatic rings. The normalized spacial score (nSPS) is 20.5. The highest BCUT2D eigenvalue weighted by Gasteiger charge is 2.39. The Balaban J connectivity index is 1.66. The van der Waals surface area contributed by atoms with Crippen LogP contribution in [0, 0.1) is 0 Å². The number of nitrogens with one attached hydrogen (secondary N) is 1. The summed E-state index contributed by atoms with van der Waals surface area (Å²) >= 11 is 6.80. The van der Waals surface area contributed by atoms with Gasteiger partial charge in [0.05, 0.1) is 0 Å². The Bertz CT molecular complexity index is 622. The van der Waals surface area contributed by atoms with Gasteiger partial charge in [-0.1, -0.05) is 62.2 Å². The fraction of sp³-hybridized carbons (Fsp3) is 0.188. The van der Waals surface area contributed by atoms with Gasteiger partial charge in [-0.2, -0.15) is 0 Å². The summed E-state index contributed by atoms with van der Waals surface area (Å²) in [5.41, 5.74) is 1.97. The molecule has 2 nitrogen and oxygen atoms in total. The van der Waals surface area contributed by atoms with Gasteiger partial charge in [0, 0.05) is 26.5 Å². The molecule has 0 heterocycles. The molecule has 0 bridgehead atoms. The van der Waals surface area contributed by atoms with E-state index in [1.165, 1.54) is 5.56 Å². The minimum Gasteiger partial charge on any atom is -0.349 e. The van der Waals surface area contributed by atoms with Crippen molar-refractivity contribution in [3.05, 3.63) is 68.6 Å². The number of rotatable bonds is 3. The van der Waals surface area contributed by atoms with Crippen LogP contribution in [0.1, 0.15) is 28.3 Å². The molecule has 2 aromatic carbocycles. The molecule has 1 amide bonds. The van der Waals surface area contributed by atoms with Crippen molar-refractivity contribution in [1.29, 1.82) is 0 Å². The highest BCUT2D eigenvalue weighted by molar-refractivity contribution is 9.11. The SMILES string of the molecule is O=C(NC1CC1c1ccccc1)c1cc(Br)cc(Br)c1. The molecule has 0 spiro atoms. The van der Waals surface area contributed by atoms with Crippen LogP contribution in [0.15, 0.2) is 57.5 Å². The second-order valence-electron chi connectivity index (χ2n) is 4.99. The lowest BCUT2D eigenvalue weighted by Gasteiger charge is -2.06. The Labute approximate surface area is 134 Å². The first kappa shape index (κ1) is 13.8. The van der Waals surface area contributed by atoms with E-state index < -0.39 is 0 Å². The summed E-state index contributed by atoms with van der Waals surface area (Å²) in [5.74, 6) is 0.436. The first-order valence-corrected chi connectivity index (χ1v) is 8.04. The minimum absolute atomic E-state index is 0.0181. The van der Waals surface area contributed by atoms with E-state index in [2.05, 4.69) is 49.3 Å². The van der Waals surface area contributed by atoms with Crippen molar-refractivity contribution in [2.45, 2.75) is 18.4 Å². The Hall–Kier alpha value is -1.13. The van der Waals surface area contributed by atoms with Crippen molar-refractivity contribution in [3.63, 3.8) is 0 Å². The Morgan fingerprint density at radius 3 is 2.35 bits per heavy atom. The van der Waals surface area contributed by atoms with Crippen molar-refractivity contribution in [2.75, 3.05) is 0 Å². The molecule has 0 aromatic heterocycles. The molecule has 0 saturated heterocycles. The van der Waals surface area contributed by atoms with Crippen molar-refractivity contribution in [3.8, 4) is 0 Å². The van der Waals surface area contributed by atoms with Crippen LogP contribution in [0.3, 0.4) is 0 Å². The third kappa shape index (κ3) is 3.13. The summed E-state index contributed by atoms with van der Waals surface area (Å²) in [6.07, 6.45) is 1.02. The van der Waals surface area contributed by atoms with Crippen molar-refractivity contribution in [1.82, 2.24) is 5.32 Å². The van der Waals surface area contributed by atoms with E-state index >= 15 is 0 Å². The van der Waals surface area contributed by atoms with E-state index in [9.17, 15) is 4.79 Å². The van der Waals surface area contributed by atoms with Crippen LogP contribution in [0.4, 0.5) is 0 Å². The van der Waals surface area contributed by atoms with E-state index in [0.29, 0.717) is 11.5 Å². The van der Waals surface area contributed by atoms with E-state index in [1.54, 1.807) is 0 Å². The number of halogens is 2. The third-order valence-corrected chi connectivity index (χ3v) is 4.38. The molecular weight excluding hydrogens is 382 g/mol. The first-order chi connectivity index (χ1) is 9.63. The van der Waals surface area contributed by atoms with Crippen LogP contribution in [0.25, 0.3) is 0 Å². The maximum Gasteiger partial charge on any atom is 0.251 e. The highest BCUT2D eigenvalue weighted by Crippen LogP contribution is 2.40. The number of carbonyl (C=O) groups is 1. The molecule has 2 aromatic rings. The van der Waals surface area contributed by atoms with Crippen molar-refractivity contribution in [2.24, 2.45) is 0 Å². The van der Waals surface area contributed by atoms with Crippen molar-refractivity contribution >= 4 is 37.8 Å². The summed E-state index contributed by atoms with van der Waals surface area (Å²) in [5, 5.41) is 3.09. The van der Waals surface area contributed by atoms with E-state index in [0.717, 1.165) is 15.4 Å². The second-order valence-corrected chi connectivity index (χ2v) is 6.82. The molecule has 3 rings (SSSR count). The fourth-order valence-electron chi connectivity index (χ4n) is 2.36. The number of carbonyl (C=O) groups excluding carboxylic acids is 1. The molecular formula is C16H13Br2NO. The highest BCUT2D eigenvalue weighted by atomic mass is 79.9. The molecule has 20 heavy (non-hydrogen) atoms. The maximum absolute atomic E-state index is 12.2. The summed E-state index contributed by atoms with van der Waals surface area (Å²) < 4.78 is 1.79. The molecule has 0 aliphatic heterocycles. The summed E-state index contributed by atoms with van der Waals surface area (Å²) in [6.45, 7) is 0. The molecule has 1 N–H and O–H groups in total. The number of hydrogen-bond acceptors (Lipinski definition) is 1. The van der Waals surface area contributed by atoms with Crippen molar-refractivity contribution < 1.29 is 4.79 Å². The molecule has 4 heteroatoms. The smallest absolute Gasteiger partial charge is 0.251 e. The zero-order valence-electron chi connectivity index (χ0n) is 10.6. The molecule has 1 aliphatic carbocycles. The van der Waals surface area contributed by atoms with Crippen LogP contribution in [0.2, 0.25) is 0 Å². The van der Waals surface area contributed by atoms with E-state index in [1.807, 2.05) is 36.4 Å². The average molecular weight is 395 g/mol. The topological polar surface area (TPSA) is 29.1 Å². The monoisotopic (exact) mass is 393 g/mol. The van der Waals surface area contributed by atoms with Gasteiger partial charge in [-0.15, -0.1) is 0 Å². The Morgan fingerprint density at radius 1 is 1.05 bits per heavy atom. The maximum atomic E-state index is 12.2. The van der Waals surface area contributed by atoms with Gasteiger partial charge in [-0.25, -0.2) is 0 Å². The van der Waals surface area contributed by atoms with Gasteiger partial charge in [-0.3, -0.25) is 4.79 Å². The third-order valence-electron chi connectivity index (χ3n) is 3.46.